The molecule has 0 bridgehead atoms. The highest BCUT2D eigenvalue weighted by molar-refractivity contribution is 7.99. The molecular weight excluding hydrogens is 286 g/mol. The zero-order valence-corrected chi connectivity index (χ0v) is 13.6. The molecule has 0 aromatic rings. The quantitative estimate of drug-likeness (QED) is 0.864. The smallest absolute Gasteiger partial charge is 0.303 e. The lowest BCUT2D eigenvalue weighted by Gasteiger charge is -2.45. The number of hydrogen-bond acceptors (Lipinski definition) is 4. The molecule has 21 heavy (non-hydrogen) atoms. The molecule has 2 unspecified atom stereocenters. The Morgan fingerprint density at radius 1 is 1.33 bits per heavy atom. The first-order chi connectivity index (χ1) is 10.2. The molecule has 4 nitrogen and oxygen atoms in total. The topological polar surface area (TPSA) is 49.8 Å². The van der Waals surface area contributed by atoms with Gasteiger partial charge in [0.15, 0.2) is 0 Å². The lowest BCUT2D eigenvalue weighted by Crippen LogP contribution is -2.51. The Morgan fingerprint density at radius 3 is 2.81 bits per heavy atom. The standard InChI is InChI=1S/C16H27NO3S/c18-15(19)2-1-13-3-7-17(8-4-13)14-5-9-20-16(11-14)6-10-21-12-16/h13-14H,1-12H2,(H,18,19). The van der Waals surface area contributed by atoms with Crippen LogP contribution >= 0.6 is 11.8 Å². The Kier molecular flexibility index (Phi) is 5.12. The van der Waals surface area contributed by atoms with Crippen LogP contribution in [0, 0.1) is 5.92 Å². The van der Waals surface area contributed by atoms with Crippen molar-refractivity contribution in [3.63, 3.8) is 0 Å². The number of piperidine rings is 1. The van der Waals surface area contributed by atoms with Crippen LogP contribution in [0.5, 0.6) is 0 Å². The summed E-state index contributed by atoms with van der Waals surface area (Å²) in [5.74, 6) is 2.40. The van der Waals surface area contributed by atoms with Gasteiger partial charge >= 0.3 is 5.97 Å². The lowest BCUT2D eigenvalue weighted by atomic mass is 9.86. The minimum atomic E-state index is -0.650. The van der Waals surface area contributed by atoms with Gasteiger partial charge in [0.25, 0.3) is 0 Å². The van der Waals surface area contributed by atoms with Gasteiger partial charge in [-0.15, -0.1) is 0 Å². The highest BCUT2D eigenvalue weighted by Crippen LogP contribution is 2.40. The van der Waals surface area contributed by atoms with E-state index in [1.807, 2.05) is 11.8 Å². The molecule has 0 aliphatic carbocycles. The van der Waals surface area contributed by atoms with Crippen LogP contribution in [0.3, 0.4) is 0 Å². The van der Waals surface area contributed by atoms with Gasteiger partial charge in [0.2, 0.25) is 0 Å². The van der Waals surface area contributed by atoms with Crippen LogP contribution in [-0.2, 0) is 9.53 Å². The second kappa shape index (κ2) is 6.88. The zero-order chi connectivity index (χ0) is 14.7. The van der Waals surface area contributed by atoms with Gasteiger partial charge in [-0.25, -0.2) is 0 Å². The van der Waals surface area contributed by atoms with E-state index in [1.165, 1.54) is 43.6 Å². The third-order valence-corrected chi connectivity index (χ3v) is 6.69. The largest absolute Gasteiger partial charge is 0.481 e. The van der Waals surface area contributed by atoms with Gasteiger partial charge in [-0.05, 0) is 63.3 Å². The van der Waals surface area contributed by atoms with E-state index in [1.54, 1.807) is 0 Å². The molecule has 3 aliphatic rings. The summed E-state index contributed by atoms with van der Waals surface area (Å²) >= 11 is 2.04. The summed E-state index contributed by atoms with van der Waals surface area (Å²) in [5, 5.41) is 8.79. The molecule has 0 saturated carbocycles. The number of hydrogen-bond donors (Lipinski definition) is 1. The van der Waals surface area contributed by atoms with Gasteiger partial charge < -0.3 is 14.7 Å². The number of rotatable bonds is 4. The summed E-state index contributed by atoms with van der Waals surface area (Å²) in [7, 11) is 0. The molecular formula is C16H27NO3S. The number of carbonyl (C=O) groups is 1. The summed E-state index contributed by atoms with van der Waals surface area (Å²) < 4.78 is 6.12. The molecule has 120 valence electrons. The lowest BCUT2D eigenvalue weighted by molar-refractivity contribution is -0.137. The molecule has 2 atom stereocenters. The molecule has 3 rings (SSSR count). The number of carboxylic acids is 1. The Morgan fingerprint density at radius 2 is 2.14 bits per heavy atom. The van der Waals surface area contributed by atoms with Gasteiger partial charge in [0.1, 0.15) is 0 Å². The van der Waals surface area contributed by atoms with Crippen LogP contribution in [0.4, 0.5) is 0 Å². The second-order valence-corrected chi connectivity index (χ2v) is 8.00. The summed E-state index contributed by atoms with van der Waals surface area (Å²) in [6.45, 7) is 3.22. The maximum atomic E-state index is 10.7. The fourth-order valence-corrected chi connectivity index (χ4v) is 5.49. The first-order valence-corrected chi connectivity index (χ1v) is 9.50. The van der Waals surface area contributed by atoms with Crippen molar-refractivity contribution < 1.29 is 14.6 Å². The number of likely N-dealkylation sites (tertiary alicyclic amines) is 1. The Hall–Kier alpha value is -0.260. The van der Waals surface area contributed by atoms with Crippen LogP contribution < -0.4 is 0 Å². The Bertz CT molecular complexity index is 363. The van der Waals surface area contributed by atoms with E-state index in [4.69, 9.17) is 9.84 Å². The highest BCUT2D eigenvalue weighted by Gasteiger charge is 2.42. The number of carboxylic acid groups (broad SMARTS) is 1. The fourth-order valence-electron chi connectivity index (χ4n) is 4.11. The van der Waals surface area contributed by atoms with Crippen molar-refractivity contribution in [3.05, 3.63) is 0 Å². The third kappa shape index (κ3) is 3.93. The van der Waals surface area contributed by atoms with Crippen molar-refractivity contribution in [2.24, 2.45) is 5.92 Å². The van der Waals surface area contributed by atoms with Crippen molar-refractivity contribution >= 4 is 17.7 Å². The van der Waals surface area contributed by atoms with E-state index in [-0.39, 0.29) is 5.60 Å². The normalized spacial score (nSPS) is 35.3. The van der Waals surface area contributed by atoms with Crippen LogP contribution in [0.15, 0.2) is 0 Å². The Balaban J connectivity index is 1.46. The fraction of sp³-hybridized carbons (Fsp3) is 0.938. The van der Waals surface area contributed by atoms with Gasteiger partial charge in [0.05, 0.1) is 5.60 Å². The minimum absolute atomic E-state index is 0.174. The molecule has 0 amide bonds. The summed E-state index contributed by atoms with van der Waals surface area (Å²) in [6.07, 6.45) is 7.15. The summed E-state index contributed by atoms with van der Waals surface area (Å²) in [5.41, 5.74) is 0.174. The Labute approximate surface area is 131 Å². The molecule has 0 radical (unpaired) electrons. The van der Waals surface area contributed by atoms with Crippen molar-refractivity contribution in [2.45, 2.75) is 56.6 Å². The maximum Gasteiger partial charge on any atom is 0.303 e. The van der Waals surface area contributed by atoms with Gasteiger partial charge in [-0.3, -0.25) is 4.79 Å². The van der Waals surface area contributed by atoms with Crippen LogP contribution in [0.25, 0.3) is 0 Å². The molecule has 1 N–H and O–H groups in total. The number of ether oxygens (including phenoxy) is 1. The predicted octanol–water partition coefficient (Wildman–Crippen LogP) is 2.62. The molecule has 3 fully saturated rings. The molecule has 3 heterocycles. The van der Waals surface area contributed by atoms with E-state index in [9.17, 15) is 4.79 Å². The van der Waals surface area contributed by atoms with Gasteiger partial charge in [-0.1, -0.05) is 0 Å². The van der Waals surface area contributed by atoms with E-state index in [2.05, 4.69) is 4.90 Å². The van der Waals surface area contributed by atoms with Crippen molar-refractivity contribution in [2.75, 3.05) is 31.2 Å². The molecule has 0 aromatic heterocycles. The van der Waals surface area contributed by atoms with Crippen molar-refractivity contribution in [1.82, 2.24) is 4.90 Å². The average molecular weight is 313 g/mol. The molecule has 3 saturated heterocycles. The molecule has 1 spiro atoms. The zero-order valence-electron chi connectivity index (χ0n) is 12.8. The second-order valence-electron chi connectivity index (χ2n) is 6.89. The number of thioether (sulfide) groups is 1. The SMILES string of the molecule is O=C(O)CCC1CCN(C2CCOC3(CCSC3)C2)CC1. The predicted molar refractivity (Wildman–Crippen MR) is 84.8 cm³/mol. The molecule has 3 aliphatic heterocycles. The monoisotopic (exact) mass is 313 g/mol. The third-order valence-electron chi connectivity index (χ3n) is 5.47. The van der Waals surface area contributed by atoms with E-state index >= 15 is 0 Å². The average Bonchev–Trinajstić information content (AvgIpc) is 2.93. The van der Waals surface area contributed by atoms with E-state index in [0.717, 1.165) is 26.1 Å². The summed E-state index contributed by atoms with van der Waals surface area (Å²) in [4.78, 5) is 13.3. The van der Waals surface area contributed by atoms with Gasteiger partial charge in [0, 0.05) is 24.8 Å². The van der Waals surface area contributed by atoms with Crippen molar-refractivity contribution in [1.29, 1.82) is 0 Å². The molecule has 5 heteroatoms. The maximum absolute atomic E-state index is 10.7. The van der Waals surface area contributed by atoms with Crippen molar-refractivity contribution in [3.8, 4) is 0 Å². The first-order valence-electron chi connectivity index (χ1n) is 8.34. The highest BCUT2D eigenvalue weighted by atomic mass is 32.2. The van der Waals surface area contributed by atoms with Crippen LogP contribution in [0.2, 0.25) is 0 Å². The van der Waals surface area contributed by atoms with Crippen LogP contribution in [-0.4, -0.2) is 58.8 Å². The minimum Gasteiger partial charge on any atom is -0.481 e. The van der Waals surface area contributed by atoms with Gasteiger partial charge in [-0.2, -0.15) is 11.8 Å². The van der Waals surface area contributed by atoms with E-state index < -0.39 is 5.97 Å². The number of aliphatic carboxylic acids is 1. The van der Waals surface area contributed by atoms with Crippen LogP contribution in [0.1, 0.15) is 44.9 Å². The summed E-state index contributed by atoms with van der Waals surface area (Å²) in [6, 6.07) is 0.692. The van der Waals surface area contributed by atoms with E-state index in [0.29, 0.717) is 18.4 Å². The molecule has 0 aromatic carbocycles. The first kappa shape index (κ1) is 15.6. The number of nitrogens with zero attached hydrogens (tertiary/aromatic N) is 1.